The maximum absolute atomic E-state index is 13.0. The molecule has 0 fully saturated rings. The zero-order chi connectivity index (χ0) is 17.3. The Labute approximate surface area is 135 Å². The minimum absolute atomic E-state index is 0.120. The summed E-state index contributed by atoms with van der Waals surface area (Å²) in [6.07, 6.45) is 0. The van der Waals surface area contributed by atoms with Crippen molar-refractivity contribution in [2.45, 2.75) is 6.54 Å². The second-order valence-electron chi connectivity index (χ2n) is 5.09. The summed E-state index contributed by atoms with van der Waals surface area (Å²) in [5.74, 6) is -0.446. The van der Waals surface area contributed by atoms with Gasteiger partial charge in [0.2, 0.25) is 0 Å². The van der Waals surface area contributed by atoms with E-state index in [1.165, 1.54) is 43.1 Å². The average Bonchev–Trinajstić information content (AvgIpc) is 2.59. The molecule has 0 amide bonds. The van der Waals surface area contributed by atoms with Gasteiger partial charge >= 0.3 is 11.4 Å². The Bertz CT molecular complexity index is 1000. The smallest absolute Gasteiger partial charge is 0.422 e. The van der Waals surface area contributed by atoms with Gasteiger partial charge in [0.15, 0.2) is 11.5 Å². The van der Waals surface area contributed by atoms with Gasteiger partial charge in [-0.2, -0.15) is 0 Å². The quantitative estimate of drug-likeness (QED) is 0.733. The summed E-state index contributed by atoms with van der Waals surface area (Å²) in [6.45, 7) is 0.120. The fourth-order valence-corrected chi connectivity index (χ4v) is 2.46. The Hall–Kier alpha value is -3.09. The molecule has 6 nitrogen and oxygen atoms in total. The number of hydrogen-bond donors (Lipinski definition) is 0. The van der Waals surface area contributed by atoms with Crippen molar-refractivity contribution >= 4 is 10.9 Å². The van der Waals surface area contributed by atoms with E-state index >= 15 is 0 Å². The van der Waals surface area contributed by atoms with Crippen molar-refractivity contribution in [2.75, 3.05) is 14.2 Å². The van der Waals surface area contributed by atoms with Crippen molar-refractivity contribution in [1.82, 2.24) is 4.57 Å². The number of aromatic nitrogens is 1. The standard InChI is InChI=1S/C17H14FNO5/c1-22-14-7-12-13(8-15(14)23-2)19(17(21)24-16(12)20)9-10-3-5-11(18)6-4-10/h3-8H,9H2,1-2H3. The lowest BCUT2D eigenvalue weighted by Crippen LogP contribution is -2.25. The van der Waals surface area contributed by atoms with Crippen LogP contribution in [0.15, 0.2) is 50.4 Å². The molecular formula is C17H14FNO5. The Morgan fingerprint density at radius 2 is 1.67 bits per heavy atom. The van der Waals surface area contributed by atoms with Gasteiger partial charge in [-0.05, 0) is 17.7 Å². The Kier molecular flexibility index (Phi) is 4.07. The van der Waals surface area contributed by atoms with Gasteiger partial charge < -0.3 is 13.9 Å². The van der Waals surface area contributed by atoms with E-state index in [0.29, 0.717) is 22.6 Å². The van der Waals surface area contributed by atoms with Gasteiger partial charge in [-0.1, -0.05) is 12.1 Å². The molecule has 0 aliphatic carbocycles. The average molecular weight is 331 g/mol. The van der Waals surface area contributed by atoms with Crippen LogP contribution < -0.4 is 20.9 Å². The number of hydrogen-bond acceptors (Lipinski definition) is 5. The third kappa shape index (κ3) is 2.76. The first kappa shape index (κ1) is 15.8. The highest BCUT2D eigenvalue weighted by molar-refractivity contribution is 5.82. The first-order valence-corrected chi connectivity index (χ1v) is 7.07. The van der Waals surface area contributed by atoms with Crippen molar-refractivity contribution in [2.24, 2.45) is 0 Å². The number of benzene rings is 2. The second kappa shape index (κ2) is 6.19. The molecule has 0 N–H and O–H groups in total. The van der Waals surface area contributed by atoms with E-state index in [1.807, 2.05) is 0 Å². The van der Waals surface area contributed by atoms with Crippen LogP contribution >= 0.6 is 0 Å². The van der Waals surface area contributed by atoms with Gasteiger partial charge in [0.05, 0.1) is 31.7 Å². The van der Waals surface area contributed by atoms with Gasteiger partial charge in [0.1, 0.15) is 5.82 Å². The molecule has 0 radical (unpaired) electrons. The van der Waals surface area contributed by atoms with Crippen LogP contribution in [-0.2, 0) is 6.54 Å². The second-order valence-corrected chi connectivity index (χ2v) is 5.09. The molecular weight excluding hydrogens is 317 g/mol. The van der Waals surface area contributed by atoms with Gasteiger partial charge in [0, 0.05) is 12.1 Å². The van der Waals surface area contributed by atoms with Crippen molar-refractivity contribution in [1.29, 1.82) is 0 Å². The lowest BCUT2D eigenvalue weighted by atomic mass is 10.2. The minimum atomic E-state index is -0.802. The summed E-state index contributed by atoms with van der Waals surface area (Å²) in [4.78, 5) is 24.1. The molecule has 7 heteroatoms. The number of rotatable bonds is 4. The highest BCUT2D eigenvalue weighted by Crippen LogP contribution is 2.30. The molecule has 24 heavy (non-hydrogen) atoms. The Morgan fingerprint density at radius 1 is 1.04 bits per heavy atom. The van der Waals surface area contributed by atoms with Crippen LogP contribution in [0.4, 0.5) is 4.39 Å². The summed E-state index contributed by atoms with van der Waals surface area (Å²) in [5, 5.41) is 0.189. The van der Waals surface area contributed by atoms with E-state index in [2.05, 4.69) is 0 Å². The van der Waals surface area contributed by atoms with E-state index in [0.717, 1.165) is 0 Å². The molecule has 0 bridgehead atoms. The summed E-state index contributed by atoms with van der Waals surface area (Å²) < 4.78 is 29.5. The van der Waals surface area contributed by atoms with Gasteiger partial charge in [0.25, 0.3) is 0 Å². The van der Waals surface area contributed by atoms with Crippen LogP contribution in [-0.4, -0.2) is 18.8 Å². The van der Waals surface area contributed by atoms with Crippen LogP contribution in [0, 0.1) is 5.82 Å². The molecule has 3 rings (SSSR count). The molecule has 2 aromatic carbocycles. The molecule has 0 saturated heterocycles. The maximum Gasteiger partial charge on any atom is 0.422 e. The molecule has 1 aromatic heterocycles. The summed E-state index contributed by atoms with van der Waals surface area (Å²) in [6, 6.07) is 8.70. The van der Waals surface area contributed by atoms with E-state index in [4.69, 9.17) is 13.9 Å². The number of ether oxygens (including phenoxy) is 2. The number of fused-ring (bicyclic) bond motifs is 1. The van der Waals surface area contributed by atoms with Crippen molar-refractivity contribution in [3.05, 3.63) is 68.7 Å². The monoisotopic (exact) mass is 331 g/mol. The molecule has 1 heterocycles. The lowest BCUT2D eigenvalue weighted by Gasteiger charge is -2.12. The molecule has 0 atom stereocenters. The van der Waals surface area contributed by atoms with Crippen molar-refractivity contribution < 1.29 is 18.3 Å². The highest BCUT2D eigenvalue weighted by atomic mass is 19.1. The summed E-state index contributed by atoms with van der Waals surface area (Å²) in [7, 11) is 2.90. The number of methoxy groups -OCH3 is 2. The van der Waals surface area contributed by atoms with Gasteiger partial charge in [-0.25, -0.2) is 14.0 Å². The topological polar surface area (TPSA) is 70.7 Å². The van der Waals surface area contributed by atoms with Gasteiger partial charge in [-0.3, -0.25) is 4.57 Å². The van der Waals surface area contributed by atoms with Crippen LogP contribution in [0.25, 0.3) is 10.9 Å². The minimum Gasteiger partial charge on any atom is -0.493 e. The Morgan fingerprint density at radius 3 is 2.29 bits per heavy atom. The molecule has 0 spiro atoms. The van der Waals surface area contributed by atoms with E-state index in [1.54, 1.807) is 12.1 Å². The lowest BCUT2D eigenvalue weighted by molar-refractivity contribution is 0.354. The molecule has 124 valence electrons. The first-order chi connectivity index (χ1) is 11.5. The third-order valence-corrected chi connectivity index (χ3v) is 3.67. The number of nitrogens with zero attached hydrogens (tertiary/aromatic N) is 1. The molecule has 0 saturated carbocycles. The predicted octanol–water partition coefficient (Wildman–Crippen LogP) is 2.16. The fraction of sp³-hybridized carbons (Fsp3) is 0.176. The van der Waals surface area contributed by atoms with Crippen LogP contribution in [0.1, 0.15) is 5.56 Å². The molecule has 0 aliphatic rings. The molecule has 0 unspecified atom stereocenters. The molecule has 3 aromatic rings. The number of halogens is 1. The largest absolute Gasteiger partial charge is 0.493 e. The van der Waals surface area contributed by atoms with Gasteiger partial charge in [-0.15, -0.1) is 0 Å². The SMILES string of the molecule is COc1cc2c(=O)oc(=O)n(Cc3ccc(F)cc3)c2cc1OC. The zero-order valence-electron chi connectivity index (χ0n) is 13.0. The summed E-state index contributed by atoms with van der Waals surface area (Å²) >= 11 is 0. The van der Waals surface area contributed by atoms with Crippen molar-refractivity contribution in [3.8, 4) is 11.5 Å². The van der Waals surface area contributed by atoms with E-state index in [-0.39, 0.29) is 17.7 Å². The predicted molar refractivity (Wildman–Crippen MR) is 85.4 cm³/mol. The molecule has 0 aliphatic heterocycles. The zero-order valence-corrected chi connectivity index (χ0v) is 13.0. The first-order valence-electron chi connectivity index (χ1n) is 7.07. The van der Waals surface area contributed by atoms with Crippen LogP contribution in [0.2, 0.25) is 0 Å². The maximum atomic E-state index is 13.0. The van der Waals surface area contributed by atoms with E-state index in [9.17, 15) is 14.0 Å². The Balaban J connectivity index is 2.24. The van der Waals surface area contributed by atoms with Crippen LogP contribution in [0.5, 0.6) is 11.5 Å². The highest BCUT2D eigenvalue weighted by Gasteiger charge is 2.15. The third-order valence-electron chi connectivity index (χ3n) is 3.67. The fourth-order valence-electron chi connectivity index (χ4n) is 2.46. The summed E-state index contributed by atoms with van der Waals surface area (Å²) in [5.41, 5.74) is 0.271. The van der Waals surface area contributed by atoms with Crippen molar-refractivity contribution in [3.63, 3.8) is 0 Å². The van der Waals surface area contributed by atoms with E-state index < -0.39 is 11.4 Å². The normalized spacial score (nSPS) is 10.8. The van der Waals surface area contributed by atoms with Crippen LogP contribution in [0.3, 0.4) is 0 Å².